The quantitative estimate of drug-likeness (QED) is 0.280. The molecule has 5 rings (SSSR count). The van der Waals surface area contributed by atoms with Gasteiger partial charge in [0.2, 0.25) is 11.8 Å². The first-order valence-electron chi connectivity index (χ1n) is 13.3. The van der Waals surface area contributed by atoms with Gasteiger partial charge in [0, 0.05) is 18.3 Å². The summed E-state index contributed by atoms with van der Waals surface area (Å²) in [7, 11) is -1.07. The fourth-order valence-electron chi connectivity index (χ4n) is 6.33. The number of aromatic hydroxyl groups is 1. The third-order valence-corrected chi connectivity index (χ3v) is 7.97. The number of phenolic OH excluding ortho intramolecular Hbond substituents is 1. The number of rotatable bonds is 8. The number of hydrogen-bond donors (Lipinski definition) is 3. The van der Waals surface area contributed by atoms with E-state index in [1.54, 1.807) is 18.3 Å². The normalized spacial score (nSPS) is 25.6. The van der Waals surface area contributed by atoms with Crippen LogP contribution in [-0.2, 0) is 14.2 Å². The molecule has 1 aromatic heterocycles. The number of fused-ring (bicyclic) bond motifs is 3. The van der Waals surface area contributed by atoms with Gasteiger partial charge in [0.05, 0.1) is 30.2 Å². The van der Waals surface area contributed by atoms with Crippen LogP contribution in [0.4, 0.5) is 0 Å². The molecule has 198 valence electrons. The van der Waals surface area contributed by atoms with Crippen molar-refractivity contribution in [2.45, 2.75) is 45.0 Å². The fraction of sp³-hybridized carbons (Fsp3) is 0.414. The van der Waals surface area contributed by atoms with Gasteiger partial charge in [-0.15, -0.1) is 0 Å². The molecule has 3 N–H and O–H groups in total. The Bertz CT molecular complexity index is 1260. The van der Waals surface area contributed by atoms with E-state index in [2.05, 4.69) is 4.98 Å². The number of allylic oxidation sites excluding steroid dienone is 1. The van der Waals surface area contributed by atoms with E-state index in [-0.39, 0.29) is 36.4 Å². The largest absolute Gasteiger partial charge is 0.507 e. The van der Waals surface area contributed by atoms with Crippen LogP contribution in [0.25, 0.3) is 11.6 Å². The minimum atomic E-state index is -1.07. The van der Waals surface area contributed by atoms with Crippen LogP contribution < -0.4 is 0 Å². The van der Waals surface area contributed by atoms with Gasteiger partial charge in [-0.1, -0.05) is 31.2 Å². The summed E-state index contributed by atoms with van der Waals surface area (Å²) in [6, 6.07) is 12.7. The summed E-state index contributed by atoms with van der Waals surface area (Å²) in [5.74, 6) is -1.58. The first kappa shape index (κ1) is 26.3. The smallest absolute Gasteiger partial charge is 0.455 e. The van der Waals surface area contributed by atoms with E-state index >= 15 is 0 Å². The number of pyridine rings is 1. The van der Waals surface area contributed by atoms with Crippen LogP contribution in [0.15, 0.2) is 59.8 Å². The molecule has 2 saturated heterocycles. The van der Waals surface area contributed by atoms with Gasteiger partial charge in [0.1, 0.15) is 5.75 Å². The number of carbonyl (C=O) groups excluding carboxylic acids is 2. The first-order valence-corrected chi connectivity index (χ1v) is 13.3. The molecule has 0 bridgehead atoms. The van der Waals surface area contributed by atoms with Crippen molar-refractivity contribution in [1.82, 2.24) is 9.88 Å². The number of hydrogen-bond acceptors (Lipinski definition) is 7. The average Bonchev–Trinajstić information content (AvgIpc) is 3.16. The SMILES string of the molecule is CCCN1C(=O)[C@@H]2[C@@H](CC(CO)=C3[C@@H](CC/C(=C/c4ccccc4O)c4ccccn4)OB(O)C[C@@H]32)C1=O. The van der Waals surface area contributed by atoms with Crippen LogP contribution in [0.3, 0.4) is 0 Å². The Balaban J connectivity index is 1.46. The number of amides is 2. The zero-order chi connectivity index (χ0) is 26.8. The van der Waals surface area contributed by atoms with Crippen LogP contribution in [0, 0.1) is 17.8 Å². The van der Waals surface area contributed by atoms with E-state index in [1.807, 2.05) is 43.3 Å². The molecule has 2 amide bonds. The van der Waals surface area contributed by atoms with Gasteiger partial charge in [-0.05, 0) is 78.9 Å². The maximum atomic E-state index is 13.3. The molecule has 0 radical (unpaired) electrons. The Kier molecular flexibility index (Phi) is 7.79. The number of aliphatic hydroxyl groups excluding tert-OH is 1. The molecule has 8 nitrogen and oxygen atoms in total. The van der Waals surface area contributed by atoms with Gasteiger partial charge in [-0.2, -0.15) is 0 Å². The minimum absolute atomic E-state index is 0.162. The molecular formula is C29H33BN2O6. The summed E-state index contributed by atoms with van der Waals surface area (Å²) in [5, 5.41) is 31.3. The Morgan fingerprint density at radius 3 is 2.66 bits per heavy atom. The van der Waals surface area contributed by atoms with Crippen molar-refractivity contribution in [3.8, 4) is 5.75 Å². The van der Waals surface area contributed by atoms with E-state index in [0.717, 1.165) is 22.4 Å². The van der Waals surface area contributed by atoms with Gasteiger partial charge in [-0.25, -0.2) is 0 Å². The number of aliphatic hydroxyl groups is 1. The Morgan fingerprint density at radius 1 is 1.16 bits per heavy atom. The molecule has 3 heterocycles. The van der Waals surface area contributed by atoms with Crippen molar-refractivity contribution in [3.63, 3.8) is 0 Å². The van der Waals surface area contributed by atoms with Crippen molar-refractivity contribution in [2.24, 2.45) is 17.8 Å². The molecular weight excluding hydrogens is 483 g/mol. The van der Waals surface area contributed by atoms with E-state index in [1.165, 1.54) is 4.90 Å². The number of carbonyl (C=O) groups is 2. The van der Waals surface area contributed by atoms with Crippen molar-refractivity contribution in [2.75, 3.05) is 13.2 Å². The number of benzene rings is 1. The minimum Gasteiger partial charge on any atom is -0.507 e. The van der Waals surface area contributed by atoms with Crippen LogP contribution >= 0.6 is 0 Å². The Morgan fingerprint density at radius 2 is 1.95 bits per heavy atom. The molecule has 1 aromatic carbocycles. The van der Waals surface area contributed by atoms with Gasteiger partial charge >= 0.3 is 7.12 Å². The van der Waals surface area contributed by atoms with Gasteiger partial charge in [-0.3, -0.25) is 19.5 Å². The average molecular weight is 516 g/mol. The number of phenols is 1. The predicted molar refractivity (Wildman–Crippen MR) is 143 cm³/mol. The number of imide groups is 1. The second-order valence-electron chi connectivity index (χ2n) is 10.3. The molecule has 4 atom stereocenters. The van der Waals surface area contributed by atoms with Crippen LogP contribution in [0.5, 0.6) is 5.75 Å². The number of nitrogens with zero attached hydrogens (tertiary/aromatic N) is 2. The second-order valence-corrected chi connectivity index (χ2v) is 10.3. The summed E-state index contributed by atoms with van der Waals surface area (Å²) in [5.41, 5.74) is 3.89. The molecule has 2 aliphatic heterocycles. The highest BCUT2D eigenvalue weighted by Crippen LogP contribution is 2.50. The number of aromatic nitrogens is 1. The van der Waals surface area contributed by atoms with E-state index in [0.29, 0.717) is 37.8 Å². The summed E-state index contributed by atoms with van der Waals surface area (Å²) >= 11 is 0. The highest BCUT2D eigenvalue weighted by Gasteiger charge is 2.56. The van der Waals surface area contributed by atoms with E-state index in [4.69, 9.17) is 4.65 Å². The molecule has 9 heteroatoms. The molecule has 2 aromatic rings. The maximum Gasteiger partial charge on any atom is 0.455 e. The van der Waals surface area contributed by atoms with Crippen molar-refractivity contribution >= 4 is 30.6 Å². The van der Waals surface area contributed by atoms with Crippen molar-refractivity contribution < 1.29 is 29.5 Å². The molecule has 0 unspecified atom stereocenters. The predicted octanol–water partition coefficient (Wildman–Crippen LogP) is 3.31. The van der Waals surface area contributed by atoms with Gasteiger partial charge < -0.3 is 19.9 Å². The Labute approximate surface area is 222 Å². The lowest BCUT2D eigenvalue weighted by atomic mass is 9.58. The molecule has 2 fully saturated rings. The summed E-state index contributed by atoms with van der Waals surface area (Å²) in [4.78, 5) is 32.3. The van der Waals surface area contributed by atoms with Crippen LogP contribution in [-0.4, -0.2) is 63.3 Å². The highest BCUT2D eigenvalue weighted by molar-refractivity contribution is 6.43. The maximum absolute atomic E-state index is 13.3. The van der Waals surface area contributed by atoms with E-state index < -0.39 is 25.1 Å². The second kappa shape index (κ2) is 11.2. The first-order chi connectivity index (χ1) is 18.4. The molecule has 0 spiro atoms. The zero-order valence-corrected chi connectivity index (χ0v) is 21.5. The monoisotopic (exact) mass is 516 g/mol. The molecule has 3 aliphatic rings. The van der Waals surface area contributed by atoms with Gasteiger partial charge in [0.25, 0.3) is 0 Å². The lowest BCUT2D eigenvalue weighted by molar-refractivity contribution is -0.140. The van der Waals surface area contributed by atoms with Crippen LogP contribution in [0.2, 0.25) is 6.32 Å². The topological polar surface area (TPSA) is 120 Å². The van der Waals surface area contributed by atoms with E-state index in [9.17, 15) is 24.8 Å². The van der Waals surface area contributed by atoms with Crippen molar-refractivity contribution in [1.29, 1.82) is 0 Å². The lowest BCUT2D eigenvalue weighted by Gasteiger charge is -2.43. The Hall–Kier alpha value is -3.27. The van der Waals surface area contributed by atoms with Gasteiger partial charge in [0.15, 0.2) is 0 Å². The lowest BCUT2D eigenvalue weighted by Crippen LogP contribution is -2.46. The molecule has 1 aliphatic carbocycles. The molecule has 0 saturated carbocycles. The third-order valence-electron chi connectivity index (χ3n) is 7.97. The number of likely N-dealkylation sites (tertiary alicyclic amines) is 1. The number of para-hydroxylation sites is 1. The molecule has 38 heavy (non-hydrogen) atoms. The summed E-state index contributed by atoms with van der Waals surface area (Å²) < 4.78 is 6.01. The summed E-state index contributed by atoms with van der Waals surface area (Å²) in [6.45, 7) is 2.09. The standard InChI is InChI=1S/C29H33BN2O6/c1-2-13-32-28(35)21-15-20(17-33)26-22(27(21)29(32)36)16-30(37)38-25(26)11-10-18(23-8-5-6-12-31-23)14-19-7-3-4-9-24(19)34/h3-9,12,14,21-22,25,27,33-34,37H,2,10-11,13,15-17H2,1H3/b18-14-/t21-,22+,25-,27-/m1/s1. The van der Waals surface area contributed by atoms with Crippen molar-refractivity contribution in [3.05, 3.63) is 71.1 Å². The highest BCUT2D eigenvalue weighted by atomic mass is 16.5. The summed E-state index contributed by atoms with van der Waals surface area (Å²) in [6.07, 6.45) is 5.30. The third kappa shape index (κ3) is 4.93. The van der Waals surface area contributed by atoms with Crippen LogP contribution in [0.1, 0.15) is 43.9 Å². The fourth-order valence-corrected chi connectivity index (χ4v) is 6.33. The zero-order valence-electron chi connectivity index (χ0n) is 21.5.